The fourth-order valence-electron chi connectivity index (χ4n) is 1.71. The highest BCUT2D eigenvalue weighted by Crippen LogP contribution is 1.98. The molecule has 16 heavy (non-hydrogen) atoms. The van der Waals surface area contributed by atoms with E-state index >= 15 is 0 Å². The van der Waals surface area contributed by atoms with E-state index in [1.54, 1.807) is 0 Å². The molecular weight excluding hydrogens is 202 g/mol. The molecule has 1 heterocycles. The Labute approximate surface area is 97.9 Å². The van der Waals surface area contributed by atoms with Crippen LogP contribution in [-0.4, -0.2) is 31.4 Å². The fourth-order valence-corrected chi connectivity index (χ4v) is 1.71. The minimum Gasteiger partial charge on any atom is -0.372 e. The minimum absolute atomic E-state index is 0.146. The molecule has 92 valence electrons. The number of nitrogens with zero attached hydrogens (tertiary/aromatic N) is 1. The van der Waals surface area contributed by atoms with Crippen LogP contribution in [0.4, 0.5) is 0 Å². The second-order valence-corrected chi connectivity index (χ2v) is 4.17. The van der Waals surface area contributed by atoms with E-state index in [0.717, 1.165) is 38.3 Å². The first-order valence-corrected chi connectivity index (χ1v) is 6.37. The molecule has 0 aliphatic carbocycles. The molecule has 2 N–H and O–H groups in total. The Morgan fingerprint density at radius 2 is 2.31 bits per heavy atom. The first kappa shape index (κ1) is 13.0. The molecule has 0 saturated heterocycles. The number of aliphatic imine (C=N–C) groups is 1. The van der Waals surface area contributed by atoms with Crippen LogP contribution in [0.2, 0.25) is 0 Å². The standard InChI is InChI=1S/C12H23N3O/c1-2-3-4-5-8-15-12(16)7-6-11-13-9-10-14-11/h2-10H2,1H3,(H,13,14)(H,15,16). The third-order valence-corrected chi connectivity index (χ3v) is 2.68. The normalized spacial score (nSPS) is 14.4. The number of amidine groups is 1. The van der Waals surface area contributed by atoms with Crippen molar-refractivity contribution in [2.75, 3.05) is 19.6 Å². The Kier molecular flexibility index (Phi) is 6.61. The predicted molar refractivity (Wildman–Crippen MR) is 66.7 cm³/mol. The Balaban J connectivity index is 1.94. The van der Waals surface area contributed by atoms with Crippen molar-refractivity contribution in [2.45, 2.75) is 45.4 Å². The van der Waals surface area contributed by atoms with E-state index in [0.29, 0.717) is 6.42 Å². The molecule has 1 aliphatic rings. The van der Waals surface area contributed by atoms with Gasteiger partial charge in [-0.1, -0.05) is 26.2 Å². The lowest BCUT2D eigenvalue weighted by Gasteiger charge is -2.05. The van der Waals surface area contributed by atoms with Gasteiger partial charge in [-0.25, -0.2) is 0 Å². The van der Waals surface area contributed by atoms with Gasteiger partial charge in [-0.15, -0.1) is 0 Å². The van der Waals surface area contributed by atoms with Crippen molar-refractivity contribution < 1.29 is 4.79 Å². The molecule has 0 fully saturated rings. The quantitative estimate of drug-likeness (QED) is 0.615. The van der Waals surface area contributed by atoms with Crippen molar-refractivity contribution in [3.05, 3.63) is 0 Å². The van der Waals surface area contributed by atoms with Crippen molar-refractivity contribution in [2.24, 2.45) is 4.99 Å². The lowest BCUT2D eigenvalue weighted by molar-refractivity contribution is -0.120. The number of nitrogens with one attached hydrogen (secondary N) is 2. The monoisotopic (exact) mass is 225 g/mol. The summed E-state index contributed by atoms with van der Waals surface area (Å²) in [5.41, 5.74) is 0. The molecule has 0 saturated carbocycles. The van der Waals surface area contributed by atoms with Gasteiger partial charge in [0, 0.05) is 25.9 Å². The molecule has 0 aromatic carbocycles. The Bertz CT molecular complexity index is 238. The van der Waals surface area contributed by atoms with Gasteiger partial charge >= 0.3 is 0 Å². The molecule has 0 atom stereocenters. The SMILES string of the molecule is CCCCCCNC(=O)CCC1=NCCN1. The molecule has 0 bridgehead atoms. The highest BCUT2D eigenvalue weighted by molar-refractivity contribution is 5.88. The number of rotatable bonds is 8. The molecule has 0 radical (unpaired) electrons. The maximum atomic E-state index is 11.4. The van der Waals surface area contributed by atoms with Gasteiger partial charge in [-0.3, -0.25) is 9.79 Å². The summed E-state index contributed by atoms with van der Waals surface area (Å²) in [6.07, 6.45) is 6.11. The zero-order valence-electron chi connectivity index (χ0n) is 10.2. The summed E-state index contributed by atoms with van der Waals surface area (Å²) in [5.74, 6) is 1.13. The molecule has 0 aromatic heterocycles. The Morgan fingerprint density at radius 3 is 3.00 bits per heavy atom. The number of carbonyl (C=O) groups is 1. The summed E-state index contributed by atoms with van der Waals surface area (Å²) in [4.78, 5) is 15.7. The minimum atomic E-state index is 0.146. The van der Waals surface area contributed by atoms with Crippen molar-refractivity contribution in [3.63, 3.8) is 0 Å². The van der Waals surface area contributed by atoms with Crippen LogP contribution in [0, 0.1) is 0 Å². The van der Waals surface area contributed by atoms with Crippen LogP contribution < -0.4 is 10.6 Å². The number of carbonyl (C=O) groups excluding carboxylic acids is 1. The van der Waals surface area contributed by atoms with E-state index in [4.69, 9.17) is 0 Å². The Hall–Kier alpha value is -1.06. The molecule has 4 heteroatoms. The number of hydrogen-bond acceptors (Lipinski definition) is 3. The molecule has 0 unspecified atom stereocenters. The smallest absolute Gasteiger partial charge is 0.220 e. The summed E-state index contributed by atoms with van der Waals surface area (Å²) in [7, 11) is 0. The van der Waals surface area contributed by atoms with Gasteiger partial charge < -0.3 is 10.6 Å². The number of unbranched alkanes of at least 4 members (excludes halogenated alkanes) is 3. The largest absolute Gasteiger partial charge is 0.372 e. The van der Waals surface area contributed by atoms with E-state index in [1.165, 1.54) is 19.3 Å². The van der Waals surface area contributed by atoms with Crippen molar-refractivity contribution in [1.29, 1.82) is 0 Å². The summed E-state index contributed by atoms with van der Waals surface area (Å²) in [6, 6.07) is 0. The fraction of sp³-hybridized carbons (Fsp3) is 0.833. The van der Waals surface area contributed by atoms with E-state index in [9.17, 15) is 4.79 Å². The predicted octanol–water partition coefficient (Wildman–Crippen LogP) is 1.46. The molecule has 1 rings (SSSR count). The van der Waals surface area contributed by atoms with Gasteiger partial charge in [0.15, 0.2) is 0 Å². The summed E-state index contributed by atoms with van der Waals surface area (Å²) in [6.45, 7) is 4.79. The summed E-state index contributed by atoms with van der Waals surface area (Å²) in [5, 5.41) is 6.11. The van der Waals surface area contributed by atoms with Crippen LogP contribution in [-0.2, 0) is 4.79 Å². The molecule has 0 aromatic rings. The maximum Gasteiger partial charge on any atom is 0.220 e. The second kappa shape index (κ2) is 8.13. The van der Waals surface area contributed by atoms with Crippen molar-refractivity contribution in [1.82, 2.24) is 10.6 Å². The average Bonchev–Trinajstić information content (AvgIpc) is 2.79. The zero-order valence-corrected chi connectivity index (χ0v) is 10.2. The van der Waals surface area contributed by atoms with Gasteiger partial charge in [0.1, 0.15) is 0 Å². The third-order valence-electron chi connectivity index (χ3n) is 2.68. The summed E-state index contributed by atoms with van der Waals surface area (Å²) >= 11 is 0. The van der Waals surface area contributed by atoms with Crippen LogP contribution in [0.1, 0.15) is 45.4 Å². The lowest BCUT2D eigenvalue weighted by atomic mass is 10.2. The zero-order chi connectivity index (χ0) is 11.6. The van der Waals surface area contributed by atoms with Crippen LogP contribution in [0.3, 0.4) is 0 Å². The Morgan fingerprint density at radius 1 is 1.44 bits per heavy atom. The molecular formula is C12H23N3O. The highest BCUT2D eigenvalue weighted by Gasteiger charge is 2.07. The van der Waals surface area contributed by atoms with Crippen LogP contribution in [0.15, 0.2) is 4.99 Å². The van der Waals surface area contributed by atoms with Crippen LogP contribution in [0.5, 0.6) is 0 Å². The molecule has 1 aliphatic heterocycles. The second-order valence-electron chi connectivity index (χ2n) is 4.17. The van der Waals surface area contributed by atoms with Gasteiger partial charge in [-0.2, -0.15) is 0 Å². The van der Waals surface area contributed by atoms with Gasteiger partial charge in [0.2, 0.25) is 5.91 Å². The van der Waals surface area contributed by atoms with Gasteiger partial charge in [0.05, 0.1) is 12.4 Å². The third kappa shape index (κ3) is 5.73. The molecule has 4 nitrogen and oxygen atoms in total. The van der Waals surface area contributed by atoms with E-state index in [2.05, 4.69) is 22.5 Å². The molecule has 1 amide bonds. The first-order valence-electron chi connectivity index (χ1n) is 6.37. The topological polar surface area (TPSA) is 53.5 Å². The average molecular weight is 225 g/mol. The van der Waals surface area contributed by atoms with E-state index < -0.39 is 0 Å². The van der Waals surface area contributed by atoms with Crippen molar-refractivity contribution in [3.8, 4) is 0 Å². The molecule has 0 spiro atoms. The lowest BCUT2D eigenvalue weighted by Crippen LogP contribution is -2.26. The van der Waals surface area contributed by atoms with Crippen LogP contribution >= 0.6 is 0 Å². The van der Waals surface area contributed by atoms with E-state index in [1.807, 2.05) is 0 Å². The highest BCUT2D eigenvalue weighted by atomic mass is 16.1. The first-order chi connectivity index (χ1) is 7.83. The van der Waals surface area contributed by atoms with Gasteiger partial charge in [-0.05, 0) is 6.42 Å². The van der Waals surface area contributed by atoms with Crippen LogP contribution in [0.25, 0.3) is 0 Å². The maximum absolute atomic E-state index is 11.4. The summed E-state index contributed by atoms with van der Waals surface area (Å²) < 4.78 is 0. The number of amides is 1. The van der Waals surface area contributed by atoms with E-state index in [-0.39, 0.29) is 5.91 Å². The van der Waals surface area contributed by atoms with Gasteiger partial charge in [0.25, 0.3) is 0 Å². The van der Waals surface area contributed by atoms with Crippen molar-refractivity contribution >= 4 is 11.7 Å². The number of hydrogen-bond donors (Lipinski definition) is 2.